The van der Waals surface area contributed by atoms with Crippen molar-refractivity contribution in [2.24, 2.45) is 5.92 Å². The molecule has 0 radical (unpaired) electrons. The maximum Gasteiger partial charge on any atom is 0.229 e. The predicted molar refractivity (Wildman–Crippen MR) is 87.1 cm³/mol. The number of benzene rings is 1. The molecule has 0 spiro atoms. The molecule has 0 unspecified atom stereocenters. The highest BCUT2D eigenvalue weighted by molar-refractivity contribution is 7.80. The van der Waals surface area contributed by atoms with E-state index >= 15 is 0 Å². The topological polar surface area (TPSA) is 41.1 Å². The molecule has 108 valence electrons. The third-order valence-corrected chi connectivity index (χ3v) is 4.10. The van der Waals surface area contributed by atoms with Gasteiger partial charge in [0, 0.05) is 16.6 Å². The molecule has 1 aromatic carbocycles. The van der Waals surface area contributed by atoms with Crippen LogP contribution >= 0.6 is 23.8 Å². The van der Waals surface area contributed by atoms with Gasteiger partial charge in [0.1, 0.15) is 0 Å². The fourth-order valence-corrected chi connectivity index (χ4v) is 2.84. The van der Waals surface area contributed by atoms with E-state index in [-0.39, 0.29) is 11.8 Å². The van der Waals surface area contributed by atoms with Crippen molar-refractivity contribution >= 4 is 40.5 Å². The Morgan fingerprint density at radius 1 is 1.30 bits per heavy atom. The average molecular weight is 311 g/mol. The molecular weight excluding hydrogens is 292 g/mol. The fraction of sp³-hybridized carbons (Fsp3) is 0.467. The second-order valence-corrected chi connectivity index (χ2v) is 6.08. The van der Waals surface area contributed by atoms with E-state index in [1.54, 1.807) is 6.07 Å². The van der Waals surface area contributed by atoms with Crippen molar-refractivity contribution < 1.29 is 4.79 Å². The molecule has 0 saturated heterocycles. The van der Waals surface area contributed by atoms with Crippen LogP contribution in [0.15, 0.2) is 18.2 Å². The Balaban J connectivity index is 1.91. The lowest BCUT2D eigenvalue weighted by atomic mass is 9.89. The standard InChI is InChI=1S/C15H19ClN2OS/c1-10-7-8-12(16)9-13(10)17-15(20)18-14(19)11-5-3-2-4-6-11/h7-9,11H,2-6H2,1H3,(H2,17,18,19,20). The van der Waals surface area contributed by atoms with Crippen LogP contribution in [0.2, 0.25) is 5.02 Å². The zero-order valence-corrected chi connectivity index (χ0v) is 13.1. The summed E-state index contributed by atoms with van der Waals surface area (Å²) < 4.78 is 0. The SMILES string of the molecule is Cc1ccc(Cl)cc1NC(=S)NC(=O)C1CCCCC1. The lowest BCUT2D eigenvalue weighted by Gasteiger charge is -2.21. The second-order valence-electron chi connectivity index (χ2n) is 5.24. The highest BCUT2D eigenvalue weighted by Crippen LogP contribution is 2.24. The van der Waals surface area contributed by atoms with Gasteiger partial charge in [0.15, 0.2) is 5.11 Å². The number of rotatable bonds is 2. The number of amides is 1. The maximum atomic E-state index is 12.1. The number of carbonyl (C=O) groups is 1. The van der Waals surface area contributed by atoms with Crippen LogP contribution in [0, 0.1) is 12.8 Å². The van der Waals surface area contributed by atoms with Crippen molar-refractivity contribution in [1.82, 2.24) is 5.32 Å². The summed E-state index contributed by atoms with van der Waals surface area (Å²) in [5, 5.41) is 6.80. The van der Waals surface area contributed by atoms with Crippen LogP contribution in [0.3, 0.4) is 0 Å². The van der Waals surface area contributed by atoms with Crippen molar-refractivity contribution in [3.05, 3.63) is 28.8 Å². The van der Waals surface area contributed by atoms with Gasteiger partial charge in [-0.05, 0) is 49.7 Å². The molecule has 2 rings (SSSR count). The van der Waals surface area contributed by atoms with E-state index in [9.17, 15) is 4.79 Å². The van der Waals surface area contributed by atoms with Crippen LogP contribution in [-0.4, -0.2) is 11.0 Å². The average Bonchev–Trinajstić information content (AvgIpc) is 2.43. The molecule has 2 N–H and O–H groups in total. The van der Waals surface area contributed by atoms with Crippen molar-refractivity contribution in [1.29, 1.82) is 0 Å². The summed E-state index contributed by atoms with van der Waals surface area (Å²) in [5.74, 6) is 0.130. The van der Waals surface area contributed by atoms with E-state index in [1.165, 1.54) is 6.42 Å². The first-order valence-corrected chi connectivity index (χ1v) is 7.73. The molecule has 0 aromatic heterocycles. The van der Waals surface area contributed by atoms with Crippen molar-refractivity contribution in [3.63, 3.8) is 0 Å². The van der Waals surface area contributed by atoms with Crippen molar-refractivity contribution in [2.45, 2.75) is 39.0 Å². The third kappa shape index (κ3) is 4.18. The minimum absolute atomic E-state index is 0.0295. The molecule has 1 aliphatic rings. The first-order chi connectivity index (χ1) is 9.56. The molecule has 1 aromatic rings. The Morgan fingerprint density at radius 2 is 2.00 bits per heavy atom. The van der Waals surface area contributed by atoms with Gasteiger partial charge in [-0.1, -0.05) is 36.9 Å². The minimum atomic E-state index is 0.0295. The van der Waals surface area contributed by atoms with E-state index in [0.29, 0.717) is 10.1 Å². The van der Waals surface area contributed by atoms with Crippen LogP contribution in [0.5, 0.6) is 0 Å². The number of carbonyl (C=O) groups excluding carboxylic acids is 1. The van der Waals surface area contributed by atoms with E-state index in [0.717, 1.165) is 36.9 Å². The number of thiocarbonyl (C=S) groups is 1. The predicted octanol–water partition coefficient (Wildman–Crippen LogP) is 4.04. The molecule has 0 atom stereocenters. The fourth-order valence-electron chi connectivity index (χ4n) is 2.46. The van der Waals surface area contributed by atoms with Crippen LogP contribution in [0.1, 0.15) is 37.7 Å². The molecule has 0 heterocycles. The number of hydrogen-bond donors (Lipinski definition) is 2. The first-order valence-electron chi connectivity index (χ1n) is 6.94. The number of nitrogens with one attached hydrogen (secondary N) is 2. The van der Waals surface area contributed by atoms with Crippen LogP contribution < -0.4 is 10.6 Å². The summed E-state index contributed by atoms with van der Waals surface area (Å²) in [6.45, 7) is 1.96. The number of aryl methyl sites for hydroxylation is 1. The van der Waals surface area contributed by atoms with Crippen molar-refractivity contribution in [3.8, 4) is 0 Å². The van der Waals surface area contributed by atoms with E-state index < -0.39 is 0 Å². The van der Waals surface area contributed by atoms with Gasteiger partial charge >= 0.3 is 0 Å². The zero-order chi connectivity index (χ0) is 14.5. The molecule has 1 aliphatic carbocycles. The van der Waals surface area contributed by atoms with Gasteiger partial charge in [-0.2, -0.15) is 0 Å². The zero-order valence-electron chi connectivity index (χ0n) is 11.5. The molecular formula is C15H19ClN2OS. The molecule has 0 bridgehead atoms. The highest BCUT2D eigenvalue weighted by atomic mass is 35.5. The molecule has 0 aliphatic heterocycles. The van der Waals surface area contributed by atoms with Crippen molar-refractivity contribution in [2.75, 3.05) is 5.32 Å². The first kappa shape index (κ1) is 15.3. The largest absolute Gasteiger partial charge is 0.332 e. The summed E-state index contributed by atoms with van der Waals surface area (Å²) in [7, 11) is 0. The van der Waals surface area contributed by atoms with Gasteiger partial charge in [-0.3, -0.25) is 4.79 Å². The van der Waals surface area contributed by atoms with Gasteiger partial charge in [0.25, 0.3) is 0 Å². The van der Waals surface area contributed by atoms with Gasteiger partial charge in [-0.15, -0.1) is 0 Å². The molecule has 5 heteroatoms. The monoisotopic (exact) mass is 310 g/mol. The molecule has 20 heavy (non-hydrogen) atoms. The number of halogens is 1. The van der Waals surface area contributed by atoms with E-state index in [1.807, 2.05) is 19.1 Å². The molecule has 1 saturated carbocycles. The third-order valence-electron chi connectivity index (χ3n) is 3.66. The quantitative estimate of drug-likeness (QED) is 0.810. The number of anilines is 1. The molecule has 3 nitrogen and oxygen atoms in total. The van der Waals surface area contributed by atoms with Crippen LogP contribution in [0.4, 0.5) is 5.69 Å². The smallest absolute Gasteiger partial charge is 0.229 e. The summed E-state index contributed by atoms with van der Waals surface area (Å²) in [4.78, 5) is 12.1. The Labute approximate surface area is 130 Å². The summed E-state index contributed by atoms with van der Waals surface area (Å²) >= 11 is 11.2. The summed E-state index contributed by atoms with van der Waals surface area (Å²) in [6.07, 6.45) is 5.42. The molecule has 1 amide bonds. The Kier molecular flexibility index (Phi) is 5.38. The second kappa shape index (κ2) is 7.04. The Morgan fingerprint density at radius 3 is 2.70 bits per heavy atom. The lowest BCUT2D eigenvalue weighted by molar-refractivity contribution is -0.124. The van der Waals surface area contributed by atoms with E-state index in [2.05, 4.69) is 10.6 Å². The normalized spacial score (nSPS) is 15.7. The van der Waals surface area contributed by atoms with E-state index in [4.69, 9.17) is 23.8 Å². The maximum absolute atomic E-state index is 12.1. The Hall–Kier alpha value is -1.13. The van der Waals surface area contributed by atoms with Crippen LogP contribution in [-0.2, 0) is 4.79 Å². The van der Waals surface area contributed by atoms with Gasteiger partial charge in [0.05, 0.1) is 0 Å². The molecule has 1 fully saturated rings. The van der Waals surface area contributed by atoms with Crippen LogP contribution in [0.25, 0.3) is 0 Å². The van der Waals surface area contributed by atoms with Gasteiger partial charge in [0.2, 0.25) is 5.91 Å². The van der Waals surface area contributed by atoms with Gasteiger partial charge < -0.3 is 10.6 Å². The summed E-state index contributed by atoms with van der Waals surface area (Å²) in [6, 6.07) is 5.54. The minimum Gasteiger partial charge on any atom is -0.332 e. The highest BCUT2D eigenvalue weighted by Gasteiger charge is 2.21. The Bertz CT molecular complexity index is 513. The van der Waals surface area contributed by atoms with Gasteiger partial charge in [-0.25, -0.2) is 0 Å². The lowest BCUT2D eigenvalue weighted by Crippen LogP contribution is -2.39. The number of hydrogen-bond acceptors (Lipinski definition) is 2. The summed E-state index contributed by atoms with van der Waals surface area (Å²) in [5.41, 5.74) is 1.86.